The molecule has 0 spiro atoms. The van der Waals surface area contributed by atoms with Gasteiger partial charge in [0.25, 0.3) is 5.91 Å². The van der Waals surface area contributed by atoms with Crippen LogP contribution in [0.1, 0.15) is 38.2 Å². The summed E-state index contributed by atoms with van der Waals surface area (Å²) in [5.74, 6) is -0.656. The molecule has 198 valence electrons. The molecule has 2 atom stereocenters. The molecule has 1 aromatic heterocycles. The summed E-state index contributed by atoms with van der Waals surface area (Å²) < 4.78 is 0. The van der Waals surface area contributed by atoms with E-state index in [1.165, 1.54) is 12.8 Å². The van der Waals surface area contributed by atoms with Crippen molar-refractivity contribution in [1.82, 2.24) is 14.8 Å². The Morgan fingerprint density at radius 1 is 1.05 bits per heavy atom. The Kier molecular flexibility index (Phi) is 7.95. The number of hydrogen-bond acceptors (Lipinski definition) is 6. The maximum atomic E-state index is 13.5. The van der Waals surface area contributed by atoms with E-state index in [1.807, 2.05) is 65.7 Å². The van der Waals surface area contributed by atoms with Gasteiger partial charge in [0.1, 0.15) is 11.9 Å². The number of pyridine rings is 1. The molecule has 2 aromatic rings. The molecule has 0 radical (unpaired) electrons. The highest BCUT2D eigenvalue weighted by Gasteiger charge is 2.42. The number of allylic oxidation sites excluding steroid dienone is 3. The second-order valence-electron chi connectivity index (χ2n) is 9.91. The molecule has 1 N–H and O–H groups in total. The lowest BCUT2D eigenvalue weighted by Gasteiger charge is -2.39. The summed E-state index contributed by atoms with van der Waals surface area (Å²) in [6.07, 6.45) is 13.5. The monoisotopic (exact) mass is 531 g/mol. The van der Waals surface area contributed by atoms with Crippen LogP contribution in [-0.2, 0) is 9.59 Å². The zero-order valence-corrected chi connectivity index (χ0v) is 22.6. The molecule has 1 fully saturated rings. The number of nitrogens with one attached hydrogen (secondary N) is 1. The zero-order chi connectivity index (χ0) is 26.6. The van der Waals surface area contributed by atoms with Gasteiger partial charge in [0, 0.05) is 55.1 Å². The second-order valence-corrected chi connectivity index (χ2v) is 10.3. The Hall–Kier alpha value is -3.42. The summed E-state index contributed by atoms with van der Waals surface area (Å²) in [5.41, 5.74) is 2.19. The average molecular weight is 532 g/mol. The zero-order valence-electron chi connectivity index (χ0n) is 21.9. The molecule has 0 aliphatic carbocycles. The fourth-order valence-electron chi connectivity index (χ4n) is 5.70. The van der Waals surface area contributed by atoms with E-state index in [0.29, 0.717) is 16.8 Å². The molecular weight excluding hydrogens is 498 g/mol. The highest BCUT2D eigenvalue weighted by Crippen LogP contribution is 2.40. The highest BCUT2D eigenvalue weighted by atomic mass is 35.5. The van der Waals surface area contributed by atoms with Gasteiger partial charge in [-0.1, -0.05) is 55.8 Å². The number of Topliss-reactive ketones (excluding diaryl/α,β-unsaturated/α-hetero) is 1. The van der Waals surface area contributed by atoms with E-state index in [-0.39, 0.29) is 5.92 Å². The van der Waals surface area contributed by atoms with Crippen LogP contribution in [0.15, 0.2) is 78.8 Å². The Bertz CT molecular complexity index is 1260. The van der Waals surface area contributed by atoms with Crippen LogP contribution in [-0.4, -0.2) is 64.7 Å². The first-order chi connectivity index (χ1) is 18.5. The average Bonchev–Trinajstić information content (AvgIpc) is 3.33. The highest BCUT2D eigenvalue weighted by molar-refractivity contribution is 6.42. The summed E-state index contributed by atoms with van der Waals surface area (Å²) in [5, 5.41) is 3.34. The maximum Gasteiger partial charge on any atom is 0.294 e. The van der Waals surface area contributed by atoms with Crippen LogP contribution in [0.25, 0.3) is 0 Å². The Morgan fingerprint density at radius 3 is 2.50 bits per heavy atom. The molecule has 5 rings (SSSR count). The van der Waals surface area contributed by atoms with E-state index in [2.05, 4.69) is 33.9 Å². The van der Waals surface area contributed by atoms with Crippen molar-refractivity contribution in [3.63, 3.8) is 0 Å². The predicted octanol–water partition coefficient (Wildman–Crippen LogP) is 4.99. The van der Waals surface area contributed by atoms with Gasteiger partial charge in [-0.2, -0.15) is 0 Å². The number of benzene rings is 1. The standard InChI is InChI=1S/C30H34ClN5O2/c1-3-22(4-2)34-15-17-35(18-16-34)27-13-12-21(20-32-27)33-30(38)29(37)28-25(24-10-5-6-11-26(24)31)19-23-9-7-8-14-36(23)28/h5-14,19-20,22,25,28H,3-4,15-18H2,1-2H3,(H,33,38). The lowest BCUT2D eigenvalue weighted by Crippen LogP contribution is -2.50. The minimum Gasteiger partial charge on any atom is -0.354 e. The van der Waals surface area contributed by atoms with Gasteiger partial charge >= 0.3 is 0 Å². The van der Waals surface area contributed by atoms with E-state index in [0.717, 1.165) is 43.3 Å². The smallest absolute Gasteiger partial charge is 0.294 e. The van der Waals surface area contributed by atoms with Gasteiger partial charge < -0.3 is 15.1 Å². The molecule has 3 aliphatic rings. The van der Waals surface area contributed by atoms with Crippen LogP contribution >= 0.6 is 11.6 Å². The molecular formula is C30H34ClN5O2. The summed E-state index contributed by atoms with van der Waals surface area (Å²) in [6.45, 7) is 8.38. The number of fused-ring (bicyclic) bond motifs is 1. The molecule has 3 aliphatic heterocycles. The van der Waals surface area contributed by atoms with Crippen molar-refractivity contribution < 1.29 is 9.59 Å². The normalized spacial score (nSPS) is 21.0. The van der Waals surface area contributed by atoms with Crippen LogP contribution in [0.4, 0.5) is 11.5 Å². The van der Waals surface area contributed by atoms with Crippen LogP contribution in [0.2, 0.25) is 5.02 Å². The first kappa shape index (κ1) is 26.2. The Morgan fingerprint density at radius 2 is 1.82 bits per heavy atom. The van der Waals surface area contributed by atoms with Crippen LogP contribution in [0, 0.1) is 0 Å². The molecule has 1 saturated heterocycles. The number of carbonyl (C=O) groups is 2. The fraction of sp³-hybridized carbons (Fsp3) is 0.367. The third kappa shape index (κ3) is 5.26. The number of anilines is 2. The number of rotatable bonds is 8. The van der Waals surface area contributed by atoms with Crippen LogP contribution in [0.5, 0.6) is 0 Å². The van der Waals surface area contributed by atoms with Crippen LogP contribution < -0.4 is 10.2 Å². The van der Waals surface area contributed by atoms with Crippen molar-refractivity contribution in [3.05, 3.63) is 89.4 Å². The molecule has 38 heavy (non-hydrogen) atoms. The molecule has 1 aromatic carbocycles. The third-order valence-electron chi connectivity index (χ3n) is 7.77. The first-order valence-corrected chi connectivity index (χ1v) is 13.8. The summed E-state index contributed by atoms with van der Waals surface area (Å²) in [7, 11) is 0. The minimum absolute atomic E-state index is 0.344. The number of ketones is 1. The van der Waals surface area contributed by atoms with Gasteiger partial charge in [0.05, 0.1) is 11.9 Å². The third-order valence-corrected chi connectivity index (χ3v) is 8.12. The lowest BCUT2D eigenvalue weighted by atomic mass is 9.90. The van der Waals surface area contributed by atoms with Crippen molar-refractivity contribution in [3.8, 4) is 0 Å². The van der Waals surface area contributed by atoms with Gasteiger partial charge in [-0.05, 0) is 48.8 Å². The van der Waals surface area contributed by atoms with Crippen molar-refractivity contribution in [2.24, 2.45) is 0 Å². The topological polar surface area (TPSA) is 68.8 Å². The summed E-state index contributed by atoms with van der Waals surface area (Å²) in [6, 6.07) is 11.1. The molecule has 1 amide bonds. The molecule has 7 nitrogen and oxygen atoms in total. The number of halogens is 1. The Labute approximate surface area is 229 Å². The van der Waals surface area contributed by atoms with Gasteiger partial charge in [0.15, 0.2) is 0 Å². The molecule has 8 heteroatoms. The van der Waals surface area contributed by atoms with E-state index in [4.69, 9.17) is 11.6 Å². The number of aromatic nitrogens is 1. The van der Waals surface area contributed by atoms with E-state index >= 15 is 0 Å². The molecule has 4 heterocycles. The van der Waals surface area contributed by atoms with Gasteiger partial charge in [-0.3, -0.25) is 14.5 Å². The maximum absolute atomic E-state index is 13.5. The molecule has 0 saturated carbocycles. The van der Waals surface area contributed by atoms with Crippen molar-refractivity contribution in [2.75, 3.05) is 36.4 Å². The van der Waals surface area contributed by atoms with E-state index in [1.54, 1.807) is 12.3 Å². The molecule has 2 unspecified atom stereocenters. The largest absolute Gasteiger partial charge is 0.354 e. The van der Waals surface area contributed by atoms with Gasteiger partial charge in [-0.15, -0.1) is 0 Å². The quantitative estimate of drug-likeness (QED) is 0.484. The first-order valence-electron chi connectivity index (χ1n) is 13.4. The van der Waals surface area contributed by atoms with Gasteiger partial charge in [-0.25, -0.2) is 4.98 Å². The van der Waals surface area contributed by atoms with E-state index < -0.39 is 17.7 Å². The van der Waals surface area contributed by atoms with E-state index in [9.17, 15) is 9.59 Å². The predicted molar refractivity (Wildman–Crippen MR) is 152 cm³/mol. The summed E-state index contributed by atoms with van der Waals surface area (Å²) >= 11 is 6.49. The van der Waals surface area contributed by atoms with Crippen molar-refractivity contribution in [1.29, 1.82) is 0 Å². The SMILES string of the molecule is CCC(CC)N1CCN(c2ccc(NC(=O)C(=O)C3C(c4ccccc4Cl)C=C4C=CC=CN43)cn2)CC1. The number of hydrogen-bond donors (Lipinski definition) is 1. The lowest BCUT2D eigenvalue weighted by molar-refractivity contribution is -0.137. The van der Waals surface area contributed by atoms with Crippen molar-refractivity contribution >= 4 is 34.8 Å². The molecule has 0 bridgehead atoms. The number of nitrogens with zero attached hydrogens (tertiary/aromatic N) is 4. The number of carbonyl (C=O) groups excluding carboxylic acids is 2. The number of piperazine rings is 1. The second kappa shape index (κ2) is 11.5. The van der Waals surface area contributed by atoms with Gasteiger partial charge in [0.2, 0.25) is 5.78 Å². The Balaban J connectivity index is 1.25. The summed E-state index contributed by atoms with van der Waals surface area (Å²) in [4.78, 5) is 37.9. The number of amides is 1. The van der Waals surface area contributed by atoms with Crippen molar-refractivity contribution in [2.45, 2.75) is 44.7 Å². The minimum atomic E-state index is -0.718. The van der Waals surface area contributed by atoms with Crippen LogP contribution in [0.3, 0.4) is 0 Å². The fourth-order valence-corrected chi connectivity index (χ4v) is 5.96.